The van der Waals surface area contributed by atoms with Crippen LogP contribution in [-0.4, -0.2) is 96.1 Å². The third-order valence-electron chi connectivity index (χ3n) is 10.5. The maximum atomic E-state index is 13.6. The quantitative estimate of drug-likeness (QED) is 0.329. The van der Waals surface area contributed by atoms with Crippen molar-refractivity contribution in [1.82, 2.24) is 19.7 Å². The molecule has 1 atom stereocenters. The highest BCUT2D eigenvalue weighted by atomic mass is 16.6. The van der Waals surface area contributed by atoms with E-state index in [4.69, 9.17) is 14.2 Å². The number of carbonyl (C=O) groups is 3. The Kier molecular flexibility index (Phi) is 9.70. The van der Waals surface area contributed by atoms with Gasteiger partial charge >= 0.3 is 6.09 Å². The van der Waals surface area contributed by atoms with Crippen molar-refractivity contribution < 1.29 is 28.6 Å². The Bertz CT molecular complexity index is 1680. The molecule has 0 N–H and O–H groups in total. The Morgan fingerprint density at radius 1 is 0.918 bits per heavy atom. The SMILES string of the molecule is COc1cc(OC2CCN(C(=O)C3CCN(Cc4cccnc4C)C3)CC2)ccc1C(=O)N1CCC(N2C(=O)OCc3ccccc32)CC1. The summed E-state index contributed by atoms with van der Waals surface area (Å²) in [6, 6.07) is 17.3. The van der Waals surface area contributed by atoms with Crippen LogP contribution >= 0.6 is 0 Å². The first-order chi connectivity index (χ1) is 23.9. The van der Waals surface area contributed by atoms with Crippen molar-refractivity contribution in [2.45, 2.75) is 64.3 Å². The van der Waals surface area contributed by atoms with Gasteiger partial charge < -0.3 is 24.0 Å². The molecule has 0 bridgehead atoms. The second-order valence-corrected chi connectivity index (χ2v) is 13.5. The summed E-state index contributed by atoms with van der Waals surface area (Å²) in [6.07, 6.45) is 5.18. The molecule has 3 aromatic rings. The second-order valence-electron chi connectivity index (χ2n) is 13.5. The van der Waals surface area contributed by atoms with Crippen molar-refractivity contribution in [2.75, 3.05) is 51.3 Å². The van der Waals surface area contributed by atoms with E-state index in [0.29, 0.717) is 56.1 Å². The lowest BCUT2D eigenvalue weighted by Crippen LogP contribution is -2.50. The number of hydrogen-bond acceptors (Lipinski definition) is 8. The molecule has 3 amide bonds. The first kappa shape index (κ1) is 32.9. The van der Waals surface area contributed by atoms with Gasteiger partial charge in [-0.2, -0.15) is 0 Å². The van der Waals surface area contributed by atoms with E-state index in [2.05, 4.69) is 16.0 Å². The highest BCUT2D eigenvalue weighted by Crippen LogP contribution is 2.34. The monoisotopic (exact) mass is 667 g/mol. The van der Waals surface area contributed by atoms with Gasteiger partial charge in [-0.25, -0.2) is 4.79 Å². The highest BCUT2D eigenvalue weighted by Gasteiger charge is 2.36. The summed E-state index contributed by atoms with van der Waals surface area (Å²) in [7, 11) is 1.56. The number of likely N-dealkylation sites (tertiary alicyclic amines) is 3. The smallest absolute Gasteiger partial charge is 0.414 e. The first-order valence-electron chi connectivity index (χ1n) is 17.5. The lowest BCUT2D eigenvalue weighted by Gasteiger charge is -2.40. The average Bonchev–Trinajstić information content (AvgIpc) is 3.61. The molecule has 2 aromatic carbocycles. The molecule has 0 radical (unpaired) electrons. The van der Waals surface area contributed by atoms with E-state index in [0.717, 1.165) is 55.8 Å². The number of methoxy groups -OCH3 is 1. The van der Waals surface area contributed by atoms with Gasteiger partial charge in [-0.3, -0.25) is 24.4 Å². The van der Waals surface area contributed by atoms with Crippen LogP contribution in [0.4, 0.5) is 10.5 Å². The molecule has 49 heavy (non-hydrogen) atoms. The third kappa shape index (κ3) is 7.08. The minimum absolute atomic E-state index is 0.0189. The molecule has 11 nitrogen and oxygen atoms in total. The molecular formula is C38H45N5O6. The van der Waals surface area contributed by atoms with E-state index < -0.39 is 0 Å². The molecule has 0 aliphatic carbocycles. The summed E-state index contributed by atoms with van der Waals surface area (Å²) >= 11 is 0. The molecule has 1 aromatic heterocycles. The Morgan fingerprint density at radius 3 is 2.47 bits per heavy atom. The molecule has 0 spiro atoms. The first-order valence-corrected chi connectivity index (χ1v) is 17.5. The number of nitrogens with zero attached hydrogens (tertiary/aromatic N) is 5. The number of aromatic nitrogens is 1. The number of ether oxygens (including phenoxy) is 3. The standard InChI is InChI=1S/C38H45N5O6/c1-26-27(7-5-16-39-26)23-40-17-11-28(24-40)36(44)41-20-14-31(15-21-41)49-32-9-10-33(35(22-32)47-2)37(45)42-18-12-30(13-19-42)43-34-8-4-3-6-29(34)25-48-38(43)46/h3-10,16,22,28,30-31H,11-15,17-21,23-25H2,1-2H3. The molecule has 4 aliphatic rings. The zero-order valence-corrected chi connectivity index (χ0v) is 28.4. The number of para-hydroxylation sites is 1. The predicted octanol–water partition coefficient (Wildman–Crippen LogP) is 5.05. The number of fused-ring (bicyclic) bond motifs is 1. The van der Waals surface area contributed by atoms with Crippen molar-refractivity contribution in [3.05, 3.63) is 83.2 Å². The minimum Gasteiger partial charge on any atom is -0.496 e. The number of benzene rings is 2. The topological polar surface area (TPSA) is 105 Å². The summed E-state index contributed by atoms with van der Waals surface area (Å²) < 4.78 is 17.4. The van der Waals surface area contributed by atoms with E-state index in [9.17, 15) is 14.4 Å². The molecule has 5 heterocycles. The van der Waals surface area contributed by atoms with Crippen molar-refractivity contribution >= 4 is 23.6 Å². The molecule has 3 fully saturated rings. The summed E-state index contributed by atoms with van der Waals surface area (Å²) in [5.74, 6) is 1.30. The molecule has 1 unspecified atom stereocenters. The van der Waals surface area contributed by atoms with Gasteiger partial charge in [-0.05, 0) is 62.6 Å². The van der Waals surface area contributed by atoms with Gasteiger partial charge in [0.25, 0.3) is 5.91 Å². The number of rotatable bonds is 8. The van der Waals surface area contributed by atoms with Crippen LogP contribution in [0.1, 0.15) is 59.3 Å². The van der Waals surface area contributed by atoms with Crippen molar-refractivity contribution in [2.24, 2.45) is 5.92 Å². The number of hydrogen-bond donors (Lipinski definition) is 0. The van der Waals surface area contributed by atoms with Crippen LogP contribution in [0.25, 0.3) is 0 Å². The van der Waals surface area contributed by atoms with Crippen molar-refractivity contribution in [1.29, 1.82) is 0 Å². The van der Waals surface area contributed by atoms with Gasteiger partial charge in [0.1, 0.15) is 24.2 Å². The number of anilines is 1. The van der Waals surface area contributed by atoms with Crippen LogP contribution in [0.5, 0.6) is 11.5 Å². The second kappa shape index (κ2) is 14.5. The average molecular weight is 668 g/mol. The van der Waals surface area contributed by atoms with Crippen LogP contribution in [0.15, 0.2) is 60.8 Å². The van der Waals surface area contributed by atoms with Gasteiger partial charge in [0.2, 0.25) is 5.91 Å². The predicted molar refractivity (Wildman–Crippen MR) is 184 cm³/mol. The van der Waals surface area contributed by atoms with Crippen LogP contribution in [0.3, 0.4) is 0 Å². The Hall–Kier alpha value is -4.64. The largest absolute Gasteiger partial charge is 0.496 e. The fourth-order valence-electron chi connectivity index (χ4n) is 7.69. The molecular weight excluding hydrogens is 622 g/mol. The van der Waals surface area contributed by atoms with E-state index in [-0.39, 0.29) is 42.6 Å². The molecule has 4 aliphatic heterocycles. The van der Waals surface area contributed by atoms with Gasteiger partial charge in [0.05, 0.1) is 24.3 Å². The van der Waals surface area contributed by atoms with Crippen molar-refractivity contribution in [3.8, 4) is 11.5 Å². The number of piperidine rings is 2. The minimum atomic E-state index is -0.328. The Balaban J connectivity index is 0.894. The van der Waals surface area contributed by atoms with E-state index >= 15 is 0 Å². The van der Waals surface area contributed by atoms with Crippen LogP contribution in [-0.2, 0) is 22.7 Å². The third-order valence-corrected chi connectivity index (χ3v) is 10.5. The highest BCUT2D eigenvalue weighted by molar-refractivity contribution is 5.97. The van der Waals surface area contributed by atoms with Gasteiger partial charge in [-0.1, -0.05) is 24.3 Å². The maximum absolute atomic E-state index is 13.6. The normalized spacial score (nSPS) is 20.6. The van der Waals surface area contributed by atoms with Crippen molar-refractivity contribution in [3.63, 3.8) is 0 Å². The van der Waals surface area contributed by atoms with Crippen LogP contribution in [0, 0.1) is 12.8 Å². The molecule has 11 heteroatoms. The number of amides is 3. The lowest BCUT2D eigenvalue weighted by molar-refractivity contribution is -0.137. The van der Waals surface area contributed by atoms with E-state index in [1.54, 1.807) is 24.1 Å². The Labute approximate surface area is 287 Å². The lowest BCUT2D eigenvalue weighted by atomic mass is 10.00. The fraction of sp³-hybridized carbons (Fsp3) is 0.474. The number of cyclic esters (lactones) is 1. The molecule has 0 saturated carbocycles. The summed E-state index contributed by atoms with van der Waals surface area (Å²) in [5.41, 5.74) is 4.64. The molecule has 258 valence electrons. The zero-order chi connectivity index (χ0) is 33.9. The van der Waals surface area contributed by atoms with Crippen LogP contribution in [0.2, 0.25) is 0 Å². The molecule has 7 rings (SSSR count). The van der Waals surface area contributed by atoms with E-state index in [1.807, 2.05) is 59.3 Å². The summed E-state index contributed by atoms with van der Waals surface area (Å²) in [5, 5.41) is 0. The molecule has 3 saturated heterocycles. The van der Waals surface area contributed by atoms with Gasteiger partial charge in [0.15, 0.2) is 0 Å². The number of pyridine rings is 1. The maximum Gasteiger partial charge on any atom is 0.414 e. The number of carbonyl (C=O) groups excluding carboxylic acids is 3. The van der Waals surface area contributed by atoms with E-state index in [1.165, 1.54) is 5.56 Å². The number of aryl methyl sites for hydroxylation is 1. The zero-order valence-electron chi connectivity index (χ0n) is 28.4. The van der Waals surface area contributed by atoms with Gasteiger partial charge in [0, 0.05) is 81.7 Å². The fourth-order valence-corrected chi connectivity index (χ4v) is 7.69. The summed E-state index contributed by atoms with van der Waals surface area (Å²) in [4.78, 5) is 52.0. The summed E-state index contributed by atoms with van der Waals surface area (Å²) in [6.45, 7) is 7.26. The Morgan fingerprint density at radius 2 is 1.69 bits per heavy atom. The van der Waals surface area contributed by atoms with Gasteiger partial charge in [-0.15, -0.1) is 0 Å². The van der Waals surface area contributed by atoms with Crippen LogP contribution < -0.4 is 14.4 Å².